The van der Waals surface area contributed by atoms with E-state index in [-0.39, 0.29) is 10.8 Å². The van der Waals surface area contributed by atoms with Crippen LogP contribution >= 0.6 is 0 Å². The molecule has 3 nitrogen and oxygen atoms in total. The van der Waals surface area contributed by atoms with Crippen molar-refractivity contribution in [1.82, 2.24) is 9.67 Å². The number of aryl methyl sites for hydroxylation is 2. The molecule has 3 rings (SSSR count). The van der Waals surface area contributed by atoms with Gasteiger partial charge in [0.2, 0.25) is 0 Å². The lowest BCUT2D eigenvalue weighted by Gasteiger charge is -2.44. The van der Waals surface area contributed by atoms with Crippen molar-refractivity contribution in [2.24, 2.45) is 7.05 Å². The smallest absolute Gasteiger partial charge is 0.154 e. The summed E-state index contributed by atoms with van der Waals surface area (Å²) in [5, 5.41) is 0. The first-order valence-electron chi connectivity index (χ1n) is 6.83. The first kappa shape index (κ1) is 12.4. The lowest BCUT2D eigenvalue weighted by molar-refractivity contribution is -0.746. The molecule has 0 saturated heterocycles. The molecule has 1 aliphatic rings. The monoisotopic (exact) mass is 256 g/mol. The molecule has 0 N–H and O–H groups in total. The number of benzene rings is 1. The third-order valence-corrected chi connectivity index (χ3v) is 5.11. The lowest BCUT2D eigenvalue weighted by atomic mass is 9.61. The number of nitrogens with zero attached hydrogens (tertiary/aromatic N) is 3. The highest BCUT2D eigenvalue weighted by Gasteiger charge is 2.51. The fourth-order valence-corrected chi connectivity index (χ4v) is 3.14. The summed E-state index contributed by atoms with van der Waals surface area (Å²) in [6.45, 7) is 11.4. The molecule has 0 saturated carbocycles. The zero-order valence-corrected chi connectivity index (χ0v) is 12.7. The van der Waals surface area contributed by atoms with Crippen molar-refractivity contribution in [3.05, 3.63) is 41.5 Å². The molecule has 0 radical (unpaired) electrons. The van der Waals surface area contributed by atoms with Crippen LogP contribution in [-0.4, -0.2) is 9.67 Å². The molecule has 0 aliphatic carbocycles. The summed E-state index contributed by atoms with van der Waals surface area (Å²) in [4.78, 5) is 4.67. The molecular weight excluding hydrogens is 234 g/mol. The van der Waals surface area contributed by atoms with Crippen LogP contribution in [0.4, 0.5) is 0 Å². The third kappa shape index (κ3) is 1.33. The van der Waals surface area contributed by atoms with E-state index in [0.29, 0.717) is 0 Å². The van der Waals surface area contributed by atoms with Crippen LogP contribution in [0, 0.1) is 6.92 Å². The van der Waals surface area contributed by atoms with Crippen molar-refractivity contribution < 1.29 is 4.68 Å². The van der Waals surface area contributed by atoms with E-state index in [2.05, 4.69) is 74.2 Å². The standard InChI is InChI=1S/C16H22N3/c1-11-8-7-9-12-13(11)19-14(17-10-18(19)6)16(4,5)15(12,2)3/h7-10H,1-6H3/q+1. The normalized spacial score (nSPS) is 18.8. The first-order chi connectivity index (χ1) is 8.78. The van der Waals surface area contributed by atoms with E-state index in [1.54, 1.807) is 0 Å². The Morgan fingerprint density at radius 2 is 1.79 bits per heavy atom. The highest BCUT2D eigenvalue weighted by molar-refractivity contribution is 5.55. The van der Waals surface area contributed by atoms with Crippen molar-refractivity contribution in [2.45, 2.75) is 45.4 Å². The largest absolute Gasteiger partial charge is 0.307 e. The van der Waals surface area contributed by atoms with Crippen molar-refractivity contribution in [3.63, 3.8) is 0 Å². The zero-order valence-electron chi connectivity index (χ0n) is 12.7. The van der Waals surface area contributed by atoms with Gasteiger partial charge in [-0.15, -0.1) is 4.68 Å². The molecule has 0 fully saturated rings. The van der Waals surface area contributed by atoms with Gasteiger partial charge in [-0.1, -0.05) is 32.0 Å². The lowest BCUT2D eigenvalue weighted by Crippen LogP contribution is -2.51. The van der Waals surface area contributed by atoms with Gasteiger partial charge in [0.05, 0.1) is 11.1 Å². The van der Waals surface area contributed by atoms with Gasteiger partial charge in [-0.3, -0.25) is 0 Å². The molecule has 1 aliphatic heterocycles. The van der Waals surface area contributed by atoms with E-state index in [4.69, 9.17) is 0 Å². The molecule has 100 valence electrons. The van der Waals surface area contributed by atoms with Gasteiger partial charge in [0.15, 0.2) is 0 Å². The Balaban J connectivity index is 2.49. The van der Waals surface area contributed by atoms with E-state index in [1.807, 2.05) is 6.33 Å². The molecule has 2 aromatic rings. The Kier molecular flexibility index (Phi) is 2.26. The summed E-state index contributed by atoms with van der Waals surface area (Å²) in [5.41, 5.74) is 4.05. The second-order valence-electron chi connectivity index (χ2n) is 6.67. The van der Waals surface area contributed by atoms with E-state index in [1.165, 1.54) is 16.8 Å². The van der Waals surface area contributed by atoms with Gasteiger partial charge in [0, 0.05) is 5.41 Å². The van der Waals surface area contributed by atoms with Gasteiger partial charge >= 0.3 is 6.33 Å². The maximum Gasteiger partial charge on any atom is 0.307 e. The van der Waals surface area contributed by atoms with E-state index >= 15 is 0 Å². The van der Waals surface area contributed by atoms with Gasteiger partial charge in [-0.25, -0.2) is 0 Å². The SMILES string of the molecule is Cc1cccc2c1-n1c(nc[n+]1C)C(C)(C)C2(C)C. The Bertz CT molecular complexity index is 663. The maximum absolute atomic E-state index is 4.67. The Morgan fingerprint density at radius 1 is 1.11 bits per heavy atom. The highest BCUT2D eigenvalue weighted by atomic mass is 15.4. The number of hydrogen-bond acceptors (Lipinski definition) is 1. The van der Waals surface area contributed by atoms with Crippen LogP contribution in [-0.2, 0) is 17.9 Å². The van der Waals surface area contributed by atoms with Crippen LogP contribution < -0.4 is 4.68 Å². The fraction of sp³-hybridized carbons (Fsp3) is 0.500. The molecule has 2 heterocycles. The average Bonchev–Trinajstić information content (AvgIpc) is 2.70. The van der Waals surface area contributed by atoms with Crippen LogP contribution in [0.25, 0.3) is 5.69 Å². The summed E-state index contributed by atoms with van der Waals surface area (Å²) in [6, 6.07) is 6.60. The van der Waals surface area contributed by atoms with Gasteiger partial charge in [0.1, 0.15) is 7.05 Å². The summed E-state index contributed by atoms with van der Waals surface area (Å²) >= 11 is 0. The van der Waals surface area contributed by atoms with Gasteiger partial charge in [-0.05, 0) is 36.9 Å². The molecule has 0 bridgehead atoms. The number of hydrogen-bond donors (Lipinski definition) is 0. The van der Waals surface area contributed by atoms with Gasteiger partial charge in [-0.2, -0.15) is 4.68 Å². The van der Waals surface area contributed by atoms with E-state index in [9.17, 15) is 0 Å². The van der Waals surface area contributed by atoms with Crippen LogP contribution in [0.15, 0.2) is 24.5 Å². The average molecular weight is 256 g/mol. The molecule has 3 heteroatoms. The summed E-state index contributed by atoms with van der Waals surface area (Å²) in [6.07, 6.45) is 1.91. The van der Waals surface area contributed by atoms with Crippen molar-refractivity contribution >= 4 is 0 Å². The maximum atomic E-state index is 4.67. The molecule has 0 spiro atoms. The number of aromatic nitrogens is 3. The van der Waals surface area contributed by atoms with Crippen LogP contribution in [0.5, 0.6) is 0 Å². The fourth-order valence-electron chi connectivity index (χ4n) is 3.14. The molecule has 0 unspecified atom stereocenters. The predicted molar refractivity (Wildman–Crippen MR) is 75.5 cm³/mol. The molecule has 1 aromatic carbocycles. The molecule has 0 atom stereocenters. The molecule has 1 aromatic heterocycles. The minimum Gasteiger partial charge on any atom is -0.154 e. The van der Waals surface area contributed by atoms with E-state index in [0.717, 1.165) is 5.82 Å². The minimum absolute atomic E-state index is 0.00491. The second-order valence-corrected chi connectivity index (χ2v) is 6.67. The minimum atomic E-state index is -0.00491. The van der Waals surface area contributed by atoms with Crippen molar-refractivity contribution in [1.29, 1.82) is 0 Å². The van der Waals surface area contributed by atoms with Crippen LogP contribution in [0.2, 0.25) is 0 Å². The molecule has 0 amide bonds. The van der Waals surface area contributed by atoms with Crippen molar-refractivity contribution in [2.75, 3.05) is 0 Å². The van der Waals surface area contributed by atoms with Crippen molar-refractivity contribution in [3.8, 4) is 5.69 Å². The van der Waals surface area contributed by atoms with E-state index < -0.39 is 0 Å². The highest BCUT2D eigenvalue weighted by Crippen LogP contribution is 2.49. The second kappa shape index (κ2) is 3.47. The predicted octanol–water partition coefficient (Wildman–Crippen LogP) is 2.57. The van der Waals surface area contributed by atoms with Crippen LogP contribution in [0.3, 0.4) is 0 Å². The quantitative estimate of drug-likeness (QED) is 0.664. The number of rotatable bonds is 0. The van der Waals surface area contributed by atoms with Gasteiger partial charge in [0.25, 0.3) is 5.82 Å². The number of para-hydroxylation sites is 1. The topological polar surface area (TPSA) is 21.7 Å². The van der Waals surface area contributed by atoms with Gasteiger partial charge < -0.3 is 0 Å². The first-order valence-corrected chi connectivity index (χ1v) is 6.83. The Morgan fingerprint density at radius 3 is 2.47 bits per heavy atom. The van der Waals surface area contributed by atoms with Crippen LogP contribution in [0.1, 0.15) is 44.6 Å². The molecular formula is C16H22N3+. The zero-order chi connectivity index (χ0) is 14.0. The summed E-state index contributed by atoms with van der Waals surface area (Å²) in [5.74, 6) is 1.14. The third-order valence-electron chi connectivity index (χ3n) is 5.11. The number of fused-ring (bicyclic) bond motifs is 3. The summed E-state index contributed by atoms with van der Waals surface area (Å²) < 4.78 is 4.34. The Labute approximate surface area is 114 Å². The summed E-state index contributed by atoms with van der Waals surface area (Å²) in [7, 11) is 2.06. The Hall–Kier alpha value is -1.64. The molecule has 19 heavy (non-hydrogen) atoms.